The molecule has 1 fully saturated rings. The second-order valence-electron chi connectivity index (χ2n) is 6.54. The summed E-state index contributed by atoms with van der Waals surface area (Å²) in [5, 5.41) is 6.97. The van der Waals surface area contributed by atoms with Crippen molar-refractivity contribution in [2.75, 3.05) is 32.8 Å². The van der Waals surface area contributed by atoms with Crippen LogP contribution in [0, 0.1) is 12.7 Å². The van der Waals surface area contributed by atoms with E-state index in [0.29, 0.717) is 31.9 Å². The van der Waals surface area contributed by atoms with Gasteiger partial charge in [0.15, 0.2) is 0 Å². The van der Waals surface area contributed by atoms with Gasteiger partial charge in [0.05, 0.1) is 24.9 Å². The number of hydrogen-bond acceptors (Lipinski definition) is 5. The summed E-state index contributed by atoms with van der Waals surface area (Å²) >= 11 is 5.94. The van der Waals surface area contributed by atoms with Crippen molar-refractivity contribution < 1.29 is 18.4 Å². The molecule has 1 N–H and O–H groups in total. The highest BCUT2D eigenvalue weighted by atomic mass is 35.5. The lowest BCUT2D eigenvalue weighted by molar-refractivity contribution is -0.121. The van der Waals surface area contributed by atoms with E-state index in [-0.39, 0.29) is 29.4 Å². The monoisotopic (exact) mass is 395 g/mol. The standard InChI is InChI=1S/C19H23ClFN3O3/c1-13-16(19(20)27-23-13)5-6-18(25)22-12-17(24-7-9-26-10-8-24)14-3-2-4-15(21)11-14/h2-4,11,17H,5-10,12H2,1H3,(H,22,25). The molecule has 27 heavy (non-hydrogen) atoms. The van der Waals surface area contributed by atoms with Gasteiger partial charge in [-0.25, -0.2) is 4.39 Å². The van der Waals surface area contributed by atoms with E-state index in [2.05, 4.69) is 15.4 Å². The van der Waals surface area contributed by atoms with E-state index in [1.165, 1.54) is 12.1 Å². The van der Waals surface area contributed by atoms with Crippen molar-refractivity contribution in [3.63, 3.8) is 0 Å². The molecule has 3 rings (SSSR count). The second kappa shape index (κ2) is 9.30. The molecule has 0 bridgehead atoms. The van der Waals surface area contributed by atoms with Crippen molar-refractivity contribution >= 4 is 17.5 Å². The number of hydrogen-bond donors (Lipinski definition) is 1. The van der Waals surface area contributed by atoms with Crippen LogP contribution in [0.5, 0.6) is 0 Å². The summed E-state index contributed by atoms with van der Waals surface area (Å²) in [5.74, 6) is -0.379. The molecule has 6 nitrogen and oxygen atoms in total. The Hall–Kier alpha value is -1.96. The average molecular weight is 396 g/mol. The lowest BCUT2D eigenvalue weighted by Gasteiger charge is -2.35. The number of ether oxygens (including phenoxy) is 1. The Morgan fingerprint density at radius 2 is 2.19 bits per heavy atom. The first kappa shape index (κ1) is 19.8. The normalized spacial score (nSPS) is 16.3. The van der Waals surface area contributed by atoms with Crippen LogP contribution in [0.3, 0.4) is 0 Å². The zero-order valence-corrected chi connectivity index (χ0v) is 16.0. The Balaban J connectivity index is 1.61. The number of morpholine rings is 1. The Morgan fingerprint density at radius 3 is 2.85 bits per heavy atom. The number of benzene rings is 1. The van der Waals surface area contributed by atoms with Crippen LogP contribution in [0.1, 0.15) is 29.3 Å². The third kappa shape index (κ3) is 5.28. The first-order valence-corrected chi connectivity index (χ1v) is 9.37. The summed E-state index contributed by atoms with van der Waals surface area (Å²) in [6.45, 7) is 4.94. The fourth-order valence-corrected chi connectivity index (χ4v) is 3.50. The van der Waals surface area contributed by atoms with Crippen LogP contribution in [-0.2, 0) is 16.0 Å². The number of aromatic nitrogens is 1. The van der Waals surface area contributed by atoms with Crippen LogP contribution in [-0.4, -0.2) is 48.8 Å². The van der Waals surface area contributed by atoms with Crippen molar-refractivity contribution in [2.45, 2.75) is 25.8 Å². The van der Waals surface area contributed by atoms with Gasteiger partial charge in [-0.2, -0.15) is 0 Å². The molecule has 1 aromatic heterocycles. The van der Waals surface area contributed by atoms with E-state index >= 15 is 0 Å². The Morgan fingerprint density at radius 1 is 1.41 bits per heavy atom. The third-order valence-corrected chi connectivity index (χ3v) is 5.05. The first-order valence-electron chi connectivity index (χ1n) is 8.99. The molecule has 2 heterocycles. The van der Waals surface area contributed by atoms with Crippen molar-refractivity contribution in [3.8, 4) is 0 Å². The Labute approximate surface area is 162 Å². The minimum atomic E-state index is -0.283. The third-order valence-electron chi connectivity index (χ3n) is 4.75. The maximum absolute atomic E-state index is 13.7. The Bertz CT molecular complexity index is 758. The van der Waals surface area contributed by atoms with Gasteiger partial charge >= 0.3 is 0 Å². The van der Waals surface area contributed by atoms with Crippen LogP contribution in [0.15, 0.2) is 28.8 Å². The van der Waals surface area contributed by atoms with Gasteiger partial charge in [-0.1, -0.05) is 17.3 Å². The molecule has 1 aliphatic heterocycles. The Kier molecular flexibility index (Phi) is 6.82. The molecule has 1 atom stereocenters. The largest absolute Gasteiger partial charge is 0.379 e. The number of carbonyl (C=O) groups is 1. The molecule has 146 valence electrons. The quantitative estimate of drug-likeness (QED) is 0.780. The maximum Gasteiger partial charge on any atom is 0.229 e. The van der Waals surface area contributed by atoms with E-state index in [0.717, 1.165) is 24.2 Å². The van der Waals surface area contributed by atoms with Gasteiger partial charge in [0.25, 0.3) is 0 Å². The summed E-state index contributed by atoms with van der Waals surface area (Å²) in [6.07, 6.45) is 0.739. The van der Waals surface area contributed by atoms with Crippen LogP contribution < -0.4 is 5.32 Å². The minimum absolute atomic E-state index is 0.0960. The van der Waals surface area contributed by atoms with Crippen molar-refractivity contribution in [1.29, 1.82) is 0 Å². The zero-order valence-electron chi connectivity index (χ0n) is 15.2. The first-order chi connectivity index (χ1) is 13.0. The molecule has 1 aromatic carbocycles. The lowest BCUT2D eigenvalue weighted by Crippen LogP contribution is -2.43. The van der Waals surface area contributed by atoms with E-state index in [1.54, 1.807) is 13.0 Å². The average Bonchev–Trinajstić information content (AvgIpc) is 2.99. The highest BCUT2D eigenvalue weighted by molar-refractivity contribution is 6.29. The summed E-state index contributed by atoms with van der Waals surface area (Å²) in [7, 11) is 0. The number of nitrogens with one attached hydrogen (secondary N) is 1. The summed E-state index contributed by atoms with van der Waals surface area (Å²) in [4.78, 5) is 14.5. The zero-order chi connectivity index (χ0) is 19.2. The van der Waals surface area contributed by atoms with Gasteiger partial charge < -0.3 is 14.6 Å². The smallest absolute Gasteiger partial charge is 0.229 e. The molecule has 1 amide bonds. The number of halogens is 2. The molecule has 0 radical (unpaired) electrons. The summed E-state index contributed by atoms with van der Waals surface area (Å²) < 4.78 is 24.0. The molecule has 1 saturated heterocycles. The van der Waals surface area contributed by atoms with E-state index < -0.39 is 0 Å². The topological polar surface area (TPSA) is 67.6 Å². The second-order valence-corrected chi connectivity index (χ2v) is 6.89. The van der Waals surface area contributed by atoms with Gasteiger partial charge in [0, 0.05) is 31.6 Å². The summed E-state index contributed by atoms with van der Waals surface area (Å²) in [6, 6.07) is 6.41. The van der Waals surface area contributed by atoms with E-state index in [4.69, 9.17) is 20.9 Å². The predicted octanol–water partition coefficient (Wildman–Crippen LogP) is 2.90. The number of carbonyl (C=O) groups excluding carboxylic acids is 1. The van der Waals surface area contributed by atoms with Crippen LogP contribution in [0.2, 0.25) is 5.22 Å². The number of rotatable bonds is 7. The molecular formula is C19H23ClFN3O3. The highest BCUT2D eigenvalue weighted by Gasteiger charge is 2.23. The number of amides is 1. The van der Waals surface area contributed by atoms with Gasteiger partial charge in [-0.05, 0) is 42.6 Å². The SMILES string of the molecule is Cc1noc(Cl)c1CCC(=O)NCC(c1cccc(F)c1)N1CCOCC1. The predicted molar refractivity (Wildman–Crippen MR) is 99.1 cm³/mol. The fourth-order valence-electron chi connectivity index (χ4n) is 3.24. The van der Waals surface area contributed by atoms with E-state index in [9.17, 15) is 9.18 Å². The van der Waals surface area contributed by atoms with E-state index in [1.807, 2.05) is 6.07 Å². The van der Waals surface area contributed by atoms with Gasteiger partial charge in [-0.3, -0.25) is 9.69 Å². The highest BCUT2D eigenvalue weighted by Crippen LogP contribution is 2.23. The van der Waals surface area contributed by atoms with Gasteiger partial charge in [0.2, 0.25) is 11.1 Å². The van der Waals surface area contributed by atoms with Crippen LogP contribution >= 0.6 is 11.6 Å². The molecule has 2 aromatic rings. The maximum atomic E-state index is 13.7. The molecular weight excluding hydrogens is 373 g/mol. The molecule has 1 unspecified atom stereocenters. The van der Waals surface area contributed by atoms with Crippen molar-refractivity contribution in [2.24, 2.45) is 0 Å². The molecule has 0 aliphatic carbocycles. The van der Waals surface area contributed by atoms with Gasteiger partial charge in [0.1, 0.15) is 5.82 Å². The molecule has 0 saturated carbocycles. The summed E-state index contributed by atoms with van der Waals surface area (Å²) in [5.41, 5.74) is 2.29. The lowest BCUT2D eigenvalue weighted by atomic mass is 10.0. The van der Waals surface area contributed by atoms with Crippen LogP contribution in [0.4, 0.5) is 4.39 Å². The number of nitrogens with zero attached hydrogens (tertiary/aromatic N) is 2. The molecule has 8 heteroatoms. The fraction of sp³-hybridized carbons (Fsp3) is 0.474. The van der Waals surface area contributed by atoms with Crippen molar-refractivity contribution in [3.05, 3.63) is 52.1 Å². The molecule has 1 aliphatic rings. The molecule has 0 spiro atoms. The van der Waals surface area contributed by atoms with Gasteiger partial charge in [-0.15, -0.1) is 0 Å². The van der Waals surface area contributed by atoms with Crippen LogP contribution in [0.25, 0.3) is 0 Å². The minimum Gasteiger partial charge on any atom is -0.379 e. The number of aryl methyl sites for hydroxylation is 1. The van der Waals surface area contributed by atoms with Crippen molar-refractivity contribution in [1.82, 2.24) is 15.4 Å².